The highest BCUT2D eigenvalue weighted by Crippen LogP contribution is 2.15. The van der Waals surface area contributed by atoms with Gasteiger partial charge in [0.1, 0.15) is 12.4 Å². The van der Waals surface area contributed by atoms with Gasteiger partial charge in [-0.05, 0) is 50.1 Å². The second-order valence-corrected chi connectivity index (χ2v) is 5.91. The van der Waals surface area contributed by atoms with E-state index in [-0.39, 0.29) is 24.0 Å². The summed E-state index contributed by atoms with van der Waals surface area (Å²) >= 11 is 0. The number of nitrogens with one attached hydrogen (secondary N) is 2. The summed E-state index contributed by atoms with van der Waals surface area (Å²) in [5.74, 6) is 1.68. The van der Waals surface area contributed by atoms with Crippen molar-refractivity contribution in [3.05, 3.63) is 59.9 Å². The first-order valence-corrected chi connectivity index (χ1v) is 8.87. The van der Waals surface area contributed by atoms with Gasteiger partial charge in [-0.25, -0.2) is 4.99 Å². The monoisotopic (exact) mass is 468 g/mol. The Kier molecular flexibility index (Phi) is 10.7. The fraction of sp³-hybridized carbons (Fsp3) is 0.400. The van der Waals surface area contributed by atoms with E-state index in [0.29, 0.717) is 19.2 Å². The van der Waals surface area contributed by atoms with Crippen LogP contribution < -0.4 is 15.4 Å². The summed E-state index contributed by atoms with van der Waals surface area (Å²) in [7, 11) is 0. The standard InChI is InChI=1S/C20H28N4O.HI/c1-4-16(3)24-20(21-5-2)23-14-17-9-8-11-19(13-17)25-15-18-10-6-7-12-22-18;/h6-13,16H,4-5,14-15H2,1-3H3,(H2,21,23,24);1H. The highest BCUT2D eigenvalue weighted by atomic mass is 127. The van der Waals surface area contributed by atoms with Crippen LogP contribution in [0.3, 0.4) is 0 Å². The number of hydrogen-bond acceptors (Lipinski definition) is 3. The number of aliphatic imine (C=N–C) groups is 1. The summed E-state index contributed by atoms with van der Waals surface area (Å²) in [6.45, 7) is 8.29. The predicted molar refractivity (Wildman–Crippen MR) is 118 cm³/mol. The van der Waals surface area contributed by atoms with Crippen molar-refractivity contribution in [2.24, 2.45) is 4.99 Å². The van der Waals surface area contributed by atoms with Crippen LogP contribution in [-0.2, 0) is 13.2 Å². The molecule has 0 saturated carbocycles. The predicted octanol–water partition coefficient (Wildman–Crippen LogP) is 4.13. The Morgan fingerprint density at radius 3 is 2.73 bits per heavy atom. The van der Waals surface area contributed by atoms with Gasteiger partial charge in [0.05, 0.1) is 12.2 Å². The molecule has 0 amide bonds. The summed E-state index contributed by atoms with van der Waals surface area (Å²) in [5, 5.41) is 6.68. The maximum atomic E-state index is 5.83. The molecule has 2 aromatic rings. The normalized spacial score (nSPS) is 12.0. The average Bonchev–Trinajstić information content (AvgIpc) is 2.65. The smallest absolute Gasteiger partial charge is 0.191 e. The zero-order valence-electron chi connectivity index (χ0n) is 15.7. The van der Waals surface area contributed by atoms with E-state index in [0.717, 1.165) is 35.9 Å². The van der Waals surface area contributed by atoms with Gasteiger partial charge in [-0.3, -0.25) is 4.98 Å². The first-order chi connectivity index (χ1) is 12.2. The molecular formula is C20H29IN4O. The van der Waals surface area contributed by atoms with Gasteiger partial charge in [0.25, 0.3) is 0 Å². The lowest BCUT2D eigenvalue weighted by Gasteiger charge is -2.16. The fourth-order valence-corrected chi connectivity index (χ4v) is 2.20. The number of halogens is 1. The topological polar surface area (TPSA) is 58.5 Å². The number of rotatable bonds is 8. The fourth-order valence-electron chi connectivity index (χ4n) is 2.20. The minimum Gasteiger partial charge on any atom is -0.487 e. The van der Waals surface area contributed by atoms with E-state index >= 15 is 0 Å². The molecular weight excluding hydrogens is 439 g/mol. The number of benzene rings is 1. The van der Waals surface area contributed by atoms with Crippen molar-refractivity contribution in [2.45, 2.75) is 46.4 Å². The summed E-state index contributed by atoms with van der Waals surface area (Å²) in [6, 6.07) is 14.2. The number of aromatic nitrogens is 1. The Morgan fingerprint density at radius 2 is 2.04 bits per heavy atom. The van der Waals surface area contributed by atoms with Crippen molar-refractivity contribution in [1.29, 1.82) is 0 Å². The van der Waals surface area contributed by atoms with Crippen molar-refractivity contribution in [1.82, 2.24) is 15.6 Å². The van der Waals surface area contributed by atoms with Gasteiger partial charge in [0.2, 0.25) is 0 Å². The number of guanidine groups is 1. The maximum absolute atomic E-state index is 5.83. The van der Waals surface area contributed by atoms with Crippen LogP contribution in [0, 0.1) is 0 Å². The molecule has 0 spiro atoms. The van der Waals surface area contributed by atoms with Crippen molar-refractivity contribution in [3.63, 3.8) is 0 Å². The molecule has 0 bridgehead atoms. The second-order valence-electron chi connectivity index (χ2n) is 5.91. The molecule has 0 saturated heterocycles. The Morgan fingerprint density at radius 1 is 1.19 bits per heavy atom. The van der Waals surface area contributed by atoms with Crippen LogP contribution in [0.25, 0.3) is 0 Å². The van der Waals surface area contributed by atoms with Crippen LogP contribution in [-0.4, -0.2) is 23.5 Å². The van der Waals surface area contributed by atoms with E-state index in [4.69, 9.17) is 4.74 Å². The van der Waals surface area contributed by atoms with Crippen molar-refractivity contribution in [2.75, 3.05) is 6.54 Å². The van der Waals surface area contributed by atoms with Crippen molar-refractivity contribution < 1.29 is 4.74 Å². The van der Waals surface area contributed by atoms with Gasteiger partial charge < -0.3 is 15.4 Å². The molecule has 1 unspecified atom stereocenters. The lowest BCUT2D eigenvalue weighted by atomic mass is 10.2. The number of nitrogens with zero attached hydrogens (tertiary/aromatic N) is 2. The molecule has 6 heteroatoms. The quantitative estimate of drug-likeness (QED) is 0.348. The van der Waals surface area contributed by atoms with Crippen molar-refractivity contribution in [3.8, 4) is 5.75 Å². The van der Waals surface area contributed by atoms with Crippen LogP contribution in [0.4, 0.5) is 0 Å². The summed E-state index contributed by atoms with van der Waals surface area (Å²) in [6.07, 6.45) is 2.83. The van der Waals surface area contributed by atoms with Crippen LogP contribution in [0.5, 0.6) is 5.75 Å². The highest BCUT2D eigenvalue weighted by molar-refractivity contribution is 14.0. The lowest BCUT2D eigenvalue weighted by Crippen LogP contribution is -2.41. The van der Waals surface area contributed by atoms with E-state index in [1.54, 1.807) is 6.20 Å². The van der Waals surface area contributed by atoms with Crippen LogP contribution >= 0.6 is 24.0 Å². The van der Waals surface area contributed by atoms with Gasteiger partial charge in [-0.2, -0.15) is 0 Å². The molecule has 0 aliphatic carbocycles. The zero-order chi connectivity index (χ0) is 17.9. The van der Waals surface area contributed by atoms with E-state index in [9.17, 15) is 0 Å². The summed E-state index contributed by atoms with van der Waals surface area (Å²) in [5.41, 5.74) is 2.03. The third-order valence-electron chi connectivity index (χ3n) is 3.77. The Balaban J connectivity index is 0.00000338. The molecule has 142 valence electrons. The molecule has 5 nitrogen and oxygen atoms in total. The molecule has 2 rings (SSSR count). The molecule has 1 aromatic heterocycles. The molecule has 1 heterocycles. The first-order valence-electron chi connectivity index (χ1n) is 8.87. The van der Waals surface area contributed by atoms with Gasteiger partial charge in [-0.1, -0.05) is 25.1 Å². The zero-order valence-corrected chi connectivity index (χ0v) is 18.1. The molecule has 1 atom stereocenters. The number of pyridine rings is 1. The van der Waals surface area contributed by atoms with Crippen LogP contribution in [0.1, 0.15) is 38.4 Å². The van der Waals surface area contributed by atoms with E-state index in [1.807, 2.05) is 36.4 Å². The summed E-state index contributed by atoms with van der Waals surface area (Å²) < 4.78 is 5.83. The van der Waals surface area contributed by atoms with Gasteiger partial charge in [0.15, 0.2) is 5.96 Å². The highest BCUT2D eigenvalue weighted by Gasteiger charge is 2.03. The Bertz CT molecular complexity index is 664. The van der Waals surface area contributed by atoms with Crippen LogP contribution in [0.15, 0.2) is 53.7 Å². The van der Waals surface area contributed by atoms with E-state index in [1.165, 1.54) is 0 Å². The minimum atomic E-state index is 0. The Labute approximate surface area is 173 Å². The SMILES string of the molecule is CCNC(=NCc1cccc(OCc2ccccn2)c1)NC(C)CC.I. The summed E-state index contributed by atoms with van der Waals surface area (Å²) in [4.78, 5) is 8.93. The number of hydrogen-bond donors (Lipinski definition) is 2. The molecule has 0 aliphatic heterocycles. The largest absolute Gasteiger partial charge is 0.487 e. The van der Waals surface area contributed by atoms with Gasteiger partial charge in [-0.15, -0.1) is 24.0 Å². The minimum absolute atomic E-state index is 0. The average molecular weight is 468 g/mol. The molecule has 0 fully saturated rings. The Hall–Kier alpha value is -1.83. The third kappa shape index (κ3) is 8.03. The van der Waals surface area contributed by atoms with Gasteiger partial charge in [0, 0.05) is 18.8 Å². The molecule has 0 aliphatic rings. The second kappa shape index (κ2) is 12.5. The lowest BCUT2D eigenvalue weighted by molar-refractivity contribution is 0.301. The van der Waals surface area contributed by atoms with Gasteiger partial charge >= 0.3 is 0 Å². The molecule has 26 heavy (non-hydrogen) atoms. The number of ether oxygens (including phenoxy) is 1. The third-order valence-corrected chi connectivity index (χ3v) is 3.77. The molecule has 2 N–H and O–H groups in total. The van der Waals surface area contributed by atoms with Crippen molar-refractivity contribution >= 4 is 29.9 Å². The first kappa shape index (κ1) is 22.2. The van der Waals surface area contributed by atoms with Crippen LogP contribution in [0.2, 0.25) is 0 Å². The molecule has 1 aromatic carbocycles. The van der Waals surface area contributed by atoms with E-state index < -0.39 is 0 Å². The van der Waals surface area contributed by atoms with E-state index in [2.05, 4.69) is 47.4 Å². The molecule has 0 radical (unpaired) electrons. The maximum Gasteiger partial charge on any atom is 0.191 e.